The monoisotopic (exact) mass is 444 g/mol. The van der Waals surface area contributed by atoms with Gasteiger partial charge in [0.05, 0.1) is 13.2 Å². The van der Waals surface area contributed by atoms with Crippen molar-refractivity contribution in [3.8, 4) is 11.5 Å². The van der Waals surface area contributed by atoms with Gasteiger partial charge in [0.15, 0.2) is 0 Å². The fraction of sp³-hybridized carbons (Fsp3) is 0.538. The van der Waals surface area contributed by atoms with E-state index in [0.717, 1.165) is 38.5 Å². The van der Waals surface area contributed by atoms with Gasteiger partial charge in [0.1, 0.15) is 11.5 Å². The molecule has 0 amide bonds. The molecule has 0 radical (unpaired) electrons. The number of unbranched alkanes of at least 4 members (excludes halogenated alkanes) is 8. The second-order valence-electron chi connectivity index (χ2n) is 7.84. The van der Waals surface area contributed by atoms with Gasteiger partial charge in [-0.25, -0.2) is 9.59 Å². The first-order valence-electron chi connectivity index (χ1n) is 11.9. The van der Waals surface area contributed by atoms with Crippen molar-refractivity contribution in [3.63, 3.8) is 0 Å². The van der Waals surface area contributed by atoms with Gasteiger partial charge >= 0.3 is 12.3 Å². The van der Waals surface area contributed by atoms with Crippen molar-refractivity contribution in [2.75, 3.05) is 13.2 Å². The Morgan fingerprint density at radius 2 is 1.00 bits per heavy atom. The summed E-state index contributed by atoms with van der Waals surface area (Å²) in [5.41, 5.74) is 0. The van der Waals surface area contributed by atoms with E-state index in [9.17, 15) is 9.59 Å². The highest BCUT2D eigenvalue weighted by atomic mass is 16.7. The Bertz CT molecular complexity index is 764. The molecule has 0 atom stereocenters. The van der Waals surface area contributed by atoms with Crippen LogP contribution in [-0.2, 0) is 9.47 Å². The molecule has 0 aliphatic rings. The van der Waals surface area contributed by atoms with Crippen LogP contribution in [0.2, 0.25) is 0 Å². The Morgan fingerprint density at radius 1 is 0.594 bits per heavy atom. The van der Waals surface area contributed by atoms with Crippen LogP contribution in [-0.4, -0.2) is 25.5 Å². The van der Waals surface area contributed by atoms with E-state index in [0.29, 0.717) is 35.5 Å². The van der Waals surface area contributed by atoms with Crippen molar-refractivity contribution in [1.82, 2.24) is 0 Å². The first kappa shape index (κ1) is 25.5. The average Bonchev–Trinajstić information content (AvgIpc) is 2.80. The Hall–Kier alpha value is -2.76. The van der Waals surface area contributed by atoms with Gasteiger partial charge in [0.25, 0.3) is 0 Å². The third kappa shape index (κ3) is 9.16. The van der Waals surface area contributed by atoms with Crippen molar-refractivity contribution >= 4 is 23.1 Å². The van der Waals surface area contributed by atoms with Crippen molar-refractivity contribution < 1.29 is 28.5 Å². The van der Waals surface area contributed by atoms with Crippen molar-refractivity contribution in [1.29, 1.82) is 0 Å². The van der Waals surface area contributed by atoms with Crippen LogP contribution in [0.1, 0.15) is 78.1 Å². The minimum Gasteiger partial charge on any atom is -0.434 e. The maximum Gasteiger partial charge on any atom is 0.513 e. The maximum absolute atomic E-state index is 12.1. The van der Waals surface area contributed by atoms with E-state index in [4.69, 9.17) is 18.9 Å². The molecule has 0 N–H and O–H groups in total. The molecule has 176 valence electrons. The fourth-order valence-corrected chi connectivity index (χ4v) is 3.38. The van der Waals surface area contributed by atoms with Crippen LogP contribution < -0.4 is 9.47 Å². The predicted octanol–water partition coefficient (Wildman–Crippen LogP) is 7.81. The van der Waals surface area contributed by atoms with Gasteiger partial charge in [-0.1, -0.05) is 89.5 Å². The van der Waals surface area contributed by atoms with Gasteiger partial charge in [-0.3, -0.25) is 0 Å². The first-order chi connectivity index (χ1) is 15.7. The SMILES string of the molecule is CCCCCCCOC(=O)Oc1ccc(OC(=O)OCCCCCCC)c2ccccc12. The van der Waals surface area contributed by atoms with E-state index in [1.807, 2.05) is 12.1 Å². The zero-order chi connectivity index (χ0) is 23.0. The number of carbonyl (C=O) groups excluding carboxylic acids is 2. The number of fused-ring (bicyclic) bond motifs is 1. The van der Waals surface area contributed by atoms with Crippen LogP contribution in [0.3, 0.4) is 0 Å². The van der Waals surface area contributed by atoms with Gasteiger partial charge in [-0.15, -0.1) is 0 Å². The molecule has 0 aliphatic heterocycles. The second kappa shape index (κ2) is 15.1. The Morgan fingerprint density at radius 3 is 1.41 bits per heavy atom. The minimum absolute atomic E-state index is 0.339. The third-order valence-corrected chi connectivity index (χ3v) is 5.17. The summed E-state index contributed by atoms with van der Waals surface area (Å²) in [5.74, 6) is 0.710. The number of hydrogen-bond donors (Lipinski definition) is 0. The smallest absolute Gasteiger partial charge is 0.434 e. The summed E-state index contributed by atoms with van der Waals surface area (Å²) in [6.45, 7) is 5.00. The van der Waals surface area contributed by atoms with Crippen LogP contribution in [0, 0.1) is 0 Å². The Balaban J connectivity index is 1.88. The molecule has 0 bridgehead atoms. The lowest BCUT2D eigenvalue weighted by Gasteiger charge is -2.12. The van der Waals surface area contributed by atoms with Crippen LogP contribution in [0.15, 0.2) is 36.4 Å². The van der Waals surface area contributed by atoms with E-state index in [-0.39, 0.29) is 0 Å². The quantitative estimate of drug-likeness (QED) is 0.168. The molecule has 0 saturated heterocycles. The molecule has 0 spiro atoms. The lowest BCUT2D eigenvalue weighted by atomic mass is 10.1. The third-order valence-electron chi connectivity index (χ3n) is 5.17. The van der Waals surface area contributed by atoms with Crippen molar-refractivity contribution in [3.05, 3.63) is 36.4 Å². The van der Waals surface area contributed by atoms with Crippen molar-refractivity contribution in [2.24, 2.45) is 0 Å². The molecule has 0 fully saturated rings. The minimum atomic E-state index is -0.734. The summed E-state index contributed by atoms with van der Waals surface area (Å²) in [5, 5.41) is 1.30. The van der Waals surface area contributed by atoms with Crippen LogP contribution in [0.5, 0.6) is 11.5 Å². The number of benzene rings is 2. The normalized spacial score (nSPS) is 10.7. The van der Waals surface area contributed by atoms with Gasteiger partial charge in [-0.05, 0) is 25.0 Å². The standard InChI is InChI=1S/C26H36O6/c1-3-5-7-9-13-19-29-25(27)31-23-17-18-24(22-16-12-11-15-21(22)23)32-26(28)30-20-14-10-8-6-4-2/h11-12,15-18H,3-10,13-14,19-20H2,1-2H3. The molecule has 32 heavy (non-hydrogen) atoms. The number of ether oxygens (including phenoxy) is 4. The van der Waals surface area contributed by atoms with Crippen LogP contribution in [0.25, 0.3) is 10.8 Å². The lowest BCUT2D eigenvalue weighted by molar-refractivity contribution is 0.0958. The molecule has 6 nitrogen and oxygen atoms in total. The second-order valence-corrected chi connectivity index (χ2v) is 7.84. The molecule has 6 heteroatoms. The van der Waals surface area contributed by atoms with E-state index in [2.05, 4.69) is 13.8 Å². The highest BCUT2D eigenvalue weighted by molar-refractivity contribution is 5.95. The summed E-state index contributed by atoms with van der Waals surface area (Å²) < 4.78 is 21.2. The fourth-order valence-electron chi connectivity index (χ4n) is 3.38. The molecule has 0 aromatic heterocycles. The summed E-state index contributed by atoms with van der Waals surface area (Å²) in [7, 11) is 0. The van der Waals surface area contributed by atoms with E-state index < -0.39 is 12.3 Å². The maximum atomic E-state index is 12.1. The predicted molar refractivity (Wildman–Crippen MR) is 125 cm³/mol. The molecule has 0 aliphatic carbocycles. The topological polar surface area (TPSA) is 71.1 Å². The molecular weight excluding hydrogens is 408 g/mol. The molecule has 2 aromatic rings. The first-order valence-corrected chi connectivity index (χ1v) is 11.9. The lowest BCUT2D eigenvalue weighted by Crippen LogP contribution is -2.13. The van der Waals surface area contributed by atoms with Gasteiger partial charge in [0.2, 0.25) is 0 Å². The largest absolute Gasteiger partial charge is 0.513 e. The molecule has 0 saturated carbocycles. The molecule has 0 unspecified atom stereocenters. The van der Waals surface area contributed by atoms with Crippen LogP contribution in [0.4, 0.5) is 9.59 Å². The molecular formula is C26H36O6. The Labute approximate surface area is 191 Å². The van der Waals surface area contributed by atoms with Gasteiger partial charge < -0.3 is 18.9 Å². The van der Waals surface area contributed by atoms with E-state index in [1.165, 1.54) is 25.7 Å². The van der Waals surface area contributed by atoms with E-state index in [1.54, 1.807) is 24.3 Å². The average molecular weight is 445 g/mol. The summed E-state index contributed by atoms with van der Waals surface area (Å²) in [6, 6.07) is 10.4. The summed E-state index contributed by atoms with van der Waals surface area (Å²) in [4.78, 5) is 24.1. The molecule has 2 rings (SSSR count). The number of carbonyl (C=O) groups is 2. The number of hydrogen-bond acceptors (Lipinski definition) is 6. The zero-order valence-corrected chi connectivity index (χ0v) is 19.4. The highest BCUT2D eigenvalue weighted by Gasteiger charge is 2.15. The Kier molecular flexibility index (Phi) is 12.0. The van der Waals surface area contributed by atoms with Crippen molar-refractivity contribution in [2.45, 2.75) is 78.1 Å². The van der Waals surface area contributed by atoms with Gasteiger partial charge in [-0.2, -0.15) is 0 Å². The number of rotatable bonds is 14. The van der Waals surface area contributed by atoms with Gasteiger partial charge in [0, 0.05) is 10.8 Å². The zero-order valence-electron chi connectivity index (χ0n) is 19.4. The summed E-state index contributed by atoms with van der Waals surface area (Å²) in [6.07, 6.45) is 9.25. The highest BCUT2D eigenvalue weighted by Crippen LogP contribution is 2.33. The molecule has 0 heterocycles. The van der Waals surface area contributed by atoms with Crippen LogP contribution >= 0.6 is 0 Å². The molecule has 2 aromatic carbocycles. The summed E-state index contributed by atoms with van der Waals surface area (Å²) >= 11 is 0. The van der Waals surface area contributed by atoms with E-state index >= 15 is 0 Å².